The molecule has 9 nitrogen and oxygen atoms in total. The second kappa shape index (κ2) is 11.7. The number of amides is 1. The summed E-state index contributed by atoms with van der Waals surface area (Å²) in [6.07, 6.45) is -0.591. The lowest BCUT2D eigenvalue weighted by molar-refractivity contribution is -0.143. The number of imidazole rings is 1. The molecule has 1 atom stereocenters. The number of nitriles is 1. The monoisotopic (exact) mass is 498 g/mol. The fourth-order valence-corrected chi connectivity index (χ4v) is 3.78. The number of fused-ring (bicyclic) bond motifs is 1. The zero-order chi connectivity index (χ0) is 26.2. The van der Waals surface area contributed by atoms with Gasteiger partial charge >= 0.3 is 12.1 Å². The minimum absolute atomic E-state index is 0.0278. The third-order valence-electron chi connectivity index (χ3n) is 5.51. The van der Waals surface area contributed by atoms with Crippen LogP contribution in [0.1, 0.15) is 31.7 Å². The second-order valence-corrected chi connectivity index (χ2v) is 8.22. The minimum atomic E-state index is -0.619. The van der Waals surface area contributed by atoms with Gasteiger partial charge in [0.1, 0.15) is 23.9 Å². The number of nitrogens with one attached hydrogen (secondary N) is 1. The number of hydrogen-bond donors (Lipinski definition) is 1. The molecule has 188 valence electrons. The van der Waals surface area contributed by atoms with Crippen LogP contribution in [0.15, 0.2) is 72.8 Å². The Kier molecular flexibility index (Phi) is 8.01. The van der Waals surface area contributed by atoms with Gasteiger partial charge in [-0.3, -0.25) is 9.69 Å². The summed E-state index contributed by atoms with van der Waals surface area (Å²) in [5.41, 5.74) is 2.52. The van der Waals surface area contributed by atoms with Gasteiger partial charge in [-0.05, 0) is 62.4 Å². The number of esters is 1. The first-order valence-corrected chi connectivity index (χ1v) is 11.8. The summed E-state index contributed by atoms with van der Waals surface area (Å²) in [5.74, 6) is 1.15. The van der Waals surface area contributed by atoms with Crippen LogP contribution in [-0.2, 0) is 16.1 Å². The molecule has 37 heavy (non-hydrogen) atoms. The predicted molar refractivity (Wildman–Crippen MR) is 137 cm³/mol. The van der Waals surface area contributed by atoms with Gasteiger partial charge in [-0.1, -0.05) is 18.2 Å². The van der Waals surface area contributed by atoms with E-state index < -0.39 is 18.1 Å². The van der Waals surface area contributed by atoms with Crippen LogP contribution in [0.3, 0.4) is 0 Å². The van der Waals surface area contributed by atoms with Crippen molar-refractivity contribution in [2.75, 3.05) is 11.5 Å². The number of carbonyl (C=O) groups is 2. The molecule has 1 aromatic heterocycles. The average molecular weight is 499 g/mol. The van der Waals surface area contributed by atoms with E-state index in [1.165, 1.54) is 4.90 Å². The van der Waals surface area contributed by atoms with Gasteiger partial charge in [0.15, 0.2) is 0 Å². The number of benzene rings is 3. The second-order valence-electron chi connectivity index (χ2n) is 8.22. The van der Waals surface area contributed by atoms with Gasteiger partial charge in [0.05, 0.1) is 35.7 Å². The number of nitrogens with zero attached hydrogens (tertiary/aromatic N) is 3. The normalized spacial score (nSPS) is 11.4. The van der Waals surface area contributed by atoms with E-state index >= 15 is 0 Å². The molecule has 0 saturated carbocycles. The van der Waals surface area contributed by atoms with E-state index in [1.807, 2.05) is 18.2 Å². The van der Waals surface area contributed by atoms with Crippen molar-refractivity contribution in [3.8, 4) is 17.6 Å². The lowest BCUT2D eigenvalue weighted by Gasteiger charge is -2.28. The molecule has 0 aliphatic carbocycles. The maximum absolute atomic E-state index is 13.2. The molecule has 9 heteroatoms. The van der Waals surface area contributed by atoms with Crippen LogP contribution < -0.4 is 14.4 Å². The molecule has 0 radical (unpaired) electrons. The van der Waals surface area contributed by atoms with Crippen molar-refractivity contribution in [2.24, 2.45) is 0 Å². The number of rotatable bonds is 9. The molecule has 0 aliphatic heterocycles. The molecule has 1 N–H and O–H groups in total. The largest absolute Gasteiger partial charge is 0.486 e. The first-order valence-electron chi connectivity index (χ1n) is 11.8. The van der Waals surface area contributed by atoms with Crippen LogP contribution in [0.25, 0.3) is 11.0 Å². The van der Waals surface area contributed by atoms with Gasteiger partial charge in [0.2, 0.25) is 0 Å². The molecular weight excluding hydrogens is 472 g/mol. The van der Waals surface area contributed by atoms with Gasteiger partial charge < -0.3 is 19.2 Å². The number of para-hydroxylation sites is 1. The SMILES string of the molecule is CCOC(=O)CC(C)N(C(=O)Oc1ccc2nc(COc3ccc(C#N)cc3)[nH]c2c1)c1ccccc1. The van der Waals surface area contributed by atoms with Crippen molar-refractivity contribution in [3.63, 3.8) is 0 Å². The van der Waals surface area contributed by atoms with E-state index in [4.69, 9.17) is 19.5 Å². The molecule has 1 heterocycles. The van der Waals surface area contributed by atoms with Crippen LogP contribution in [0.5, 0.6) is 11.5 Å². The van der Waals surface area contributed by atoms with E-state index in [9.17, 15) is 9.59 Å². The average Bonchev–Trinajstić information content (AvgIpc) is 3.31. The molecule has 4 rings (SSSR count). The highest BCUT2D eigenvalue weighted by Gasteiger charge is 2.26. The van der Waals surface area contributed by atoms with Crippen molar-refractivity contribution < 1.29 is 23.8 Å². The molecule has 0 saturated heterocycles. The Bertz CT molecular complexity index is 1410. The standard InChI is InChI=1S/C28H26N4O5/c1-3-35-27(33)15-19(2)32(21-7-5-4-6-8-21)28(34)37-23-13-14-24-25(16-23)31-26(30-24)18-36-22-11-9-20(17-29)10-12-22/h4-14,16,19H,3,15,18H2,1-2H3,(H,30,31). The Balaban J connectivity index is 1.47. The van der Waals surface area contributed by atoms with Crippen LogP contribution in [0.4, 0.5) is 10.5 Å². The van der Waals surface area contributed by atoms with E-state index in [1.54, 1.807) is 68.4 Å². The quantitative estimate of drug-likeness (QED) is 0.309. The zero-order valence-corrected chi connectivity index (χ0v) is 20.5. The molecule has 0 aliphatic rings. The highest BCUT2D eigenvalue weighted by Crippen LogP contribution is 2.24. The van der Waals surface area contributed by atoms with E-state index in [-0.39, 0.29) is 19.6 Å². The van der Waals surface area contributed by atoms with Crippen molar-refractivity contribution in [1.29, 1.82) is 5.26 Å². The first kappa shape index (κ1) is 25.3. The smallest absolute Gasteiger partial charge is 0.420 e. The van der Waals surface area contributed by atoms with Crippen LogP contribution >= 0.6 is 0 Å². The molecule has 1 unspecified atom stereocenters. The Morgan fingerprint density at radius 1 is 1.05 bits per heavy atom. The Morgan fingerprint density at radius 3 is 2.49 bits per heavy atom. The van der Waals surface area contributed by atoms with E-state index in [0.29, 0.717) is 39.6 Å². The van der Waals surface area contributed by atoms with E-state index in [2.05, 4.69) is 16.0 Å². The maximum atomic E-state index is 13.2. The molecule has 0 bridgehead atoms. The molecule has 1 amide bonds. The summed E-state index contributed by atoms with van der Waals surface area (Å²) < 4.78 is 16.5. The van der Waals surface area contributed by atoms with Crippen LogP contribution in [0, 0.1) is 11.3 Å². The third kappa shape index (κ3) is 6.44. The molecule has 0 spiro atoms. The number of anilines is 1. The Morgan fingerprint density at radius 2 is 1.78 bits per heavy atom. The van der Waals surface area contributed by atoms with Gasteiger partial charge in [0, 0.05) is 17.8 Å². The summed E-state index contributed by atoms with van der Waals surface area (Å²) in [7, 11) is 0. The molecule has 3 aromatic carbocycles. The lowest BCUT2D eigenvalue weighted by Crippen LogP contribution is -2.42. The zero-order valence-electron chi connectivity index (χ0n) is 20.5. The topological polar surface area (TPSA) is 118 Å². The molecular formula is C28H26N4O5. The first-order chi connectivity index (χ1) is 18.0. The summed E-state index contributed by atoms with van der Waals surface area (Å²) in [5, 5.41) is 8.91. The van der Waals surface area contributed by atoms with Gasteiger partial charge in [-0.25, -0.2) is 9.78 Å². The number of ether oxygens (including phenoxy) is 3. The predicted octanol–water partition coefficient (Wildman–Crippen LogP) is 5.36. The fraction of sp³-hybridized carbons (Fsp3) is 0.214. The van der Waals surface area contributed by atoms with Crippen molar-refractivity contribution in [3.05, 3.63) is 84.2 Å². The Labute approximate surface area is 214 Å². The van der Waals surface area contributed by atoms with Crippen molar-refractivity contribution >= 4 is 28.8 Å². The lowest BCUT2D eigenvalue weighted by atomic mass is 10.2. The van der Waals surface area contributed by atoms with Crippen LogP contribution in [-0.4, -0.2) is 34.7 Å². The summed E-state index contributed by atoms with van der Waals surface area (Å²) >= 11 is 0. The van der Waals surface area contributed by atoms with E-state index in [0.717, 1.165) is 0 Å². The number of aromatic amines is 1. The van der Waals surface area contributed by atoms with Gasteiger partial charge in [-0.15, -0.1) is 0 Å². The molecule has 4 aromatic rings. The molecule has 0 fully saturated rings. The van der Waals surface area contributed by atoms with Crippen LogP contribution in [0.2, 0.25) is 0 Å². The maximum Gasteiger partial charge on any atom is 0.420 e. The summed E-state index contributed by atoms with van der Waals surface area (Å²) in [6, 6.07) is 22.5. The highest BCUT2D eigenvalue weighted by atomic mass is 16.6. The fourth-order valence-electron chi connectivity index (χ4n) is 3.78. The Hall–Kier alpha value is -4.84. The third-order valence-corrected chi connectivity index (χ3v) is 5.51. The number of hydrogen-bond acceptors (Lipinski definition) is 7. The number of aromatic nitrogens is 2. The highest BCUT2D eigenvalue weighted by molar-refractivity contribution is 5.91. The summed E-state index contributed by atoms with van der Waals surface area (Å²) in [4.78, 5) is 34.4. The summed E-state index contributed by atoms with van der Waals surface area (Å²) in [6.45, 7) is 3.97. The van der Waals surface area contributed by atoms with Crippen molar-refractivity contribution in [2.45, 2.75) is 32.9 Å². The van der Waals surface area contributed by atoms with Gasteiger partial charge in [-0.2, -0.15) is 5.26 Å². The van der Waals surface area contributed by atoms with Gasteiger partial charge in [0.25, 0.3) is 0 Å². The number of carbonyl (C=O) groups excluding carboxylic acids is 2. The minimum Gasteiger partial charge on any atom is -0.486 e. The van der Waals surface area contributed by atoms with Crippen molar-refractivity contribution in [1.82, 2.24) is 9.97 Å². The number of H-pyrrole nitrogens is 1.